The van der Waals surface area contributed by atoms with E-state index in [-0.39, 0.29) is 15.1 Å². The van der Waals surface area contributed by atoms with E-state index in [2.05, 4.69) is 9.97 Å². The van der Waals surface area contributed by atoms with Crippen molar-refractivity contribution < 1.29 is 9.31 Å². The molecule has 0 N–H and O–H groups in total. The highest BCUT2D eigenvalue weighted by molar-refractivity contribution is 7.99. The highest BCUT2D eigenvalue weighted by Crippen LogP contribution is 2.36. The van der Waals surface area contributed by atoms with Gasteiger partial charge in [-0.3, -0.25) is 10.1 Å². The lowest BCUT2D eigenvalue weighted by atomic mass is 10.3. The number of halogens is 2. The Balaban J connectivity index is 2.44. The first kappa shape index (κ1) is 12.7. The Morgan fingerprint density at radius 2 is 2.06 bits per heavy atom. The van der Waals surface area contributed by atoms with Crippen LogP contribution in [0.1, 0.15) is 0 Å². The molecule has 1 heterocycles. The van der Waals surface area contributed by atoms with E-state index in [9.17, 15) is 14.5 Å². The largest absolute Gasteiger partial charge is 0.338 e. The molecule has 1 aromatic carbocycles. The number of nitrogens with zero attached hydrogens (tertiary/aromatic N) is 3. The average molecular weight is 286 g/mol. The van der Waals surface area contributed by atoms with Crippen molar-refractivity contribution in [1.82, 2.24) is 9.97 Å². The van der Waals surface area contributed by atoms with E-state index in [1.807, 2.05) is 0 Å². The summed E-state index contributed by atoms with van der Waals surface area (Å²) in [5, 5.41) is 10.6. The lowest BCUT2D eigenvalue weighted by Crippen LogP contribution is -1.96. The van der Waals surface area contributed by atoms with Gasteiger partial charge in [-0.05, 0) is 12.1 Å². The van der Waals surface area contributed by atoms with Crippen molar-refractivity contribution in [3.05, 3.63) is 51.7 Å². The summed E-state index contributed by atoms with van der Waals surface area (Å²) < 4.78 is 13.4. The molecule has 0 radical (unpaired) electrons. The molecule has 1 aromatic heterocycles. The fourth-order valence-electron chi connectivity index (χ4n) is 1.20. The second-order valence-corrected chi connectivity index (χ2v) is 4.50. The summed E-state index contributed by atoms with van der Waals surface area (Å²) in [6.07, 6.45) is 1.10. The maximum atomic E-state index is 13.4. The fraction of sp³-hybridized carbons (Fsp3) is 0. The molecule has 0 unspecified atom stereocenters. The van der Waals surface area contributed by atoms with Gasteiger partial charge in [0.2, 0.25) is 5.15 Å². The SMILES string of the molecule is O=[N+]([O-])c1c(Cl)ncnc1Sc1ccccc1F. The summed E-state index contributed by atoms with van der Waals surface area (Å²) in [6.45, 7) is 0. The predicted molar refractivity (Wildman–Crippen MR) is 64.2 cm³/mol. The van der Waals surface area contributed by atoms with Crippen LogP contribution in [-0.2, 0) is 0 Å². The van der Waals surface area contributed by atoms with E-state index >= 15 is 0 Å². The minimum absolute atomic E-state index is 0.00472. The zero-order chi connectivity index (χ0) is 13.1. The van der Waals surface area contributed by atoms with Gasteiger partial charge in [-0.25, -0.2) is 14.4 Å². The molecule has 2 rings (SSSR count). The Morgan fingerprint density at radius 1 is 1.33 bits per heavy atom. The first-order valence-corrected chi connectivity index (χ1v) is 5.86. The van der Waals surface area contributed by atoms with E-state index < -0.39 is 16.4 Å². The van der Waals surface area contributed by atoms with Crippen molar-refractivity contribution >= 4 is 29.1 Å². The minimum atomic E-state index is -0.689. The molecule has 0 aliphatic heterocycles. The Hall–Kier alpha value is -1.73. The Morgan fingerprint density at radius 3 is 2.72 bits per heavy atom. The van der Waals surface area contributed by atoms with Gasteiger partial charge in [-0.15, -0.1) is 0 Å². The van der Waals surface area contributed by atoms with Crippen LogP contribution in [0.4, 0.5) is 10.1 Å². The van der Waals surface area contributed by atoms with E-state index in [1.165, 1.54) is 18.2 Å². The molecule has 0 fully saturated rings. The summed E-state index contributed by atoms with van der Waals surface area (Å²) in [6, 6.07) is 5.91. The van der Waals surface area contributed by atoms with Gasteiger partial charge in [0, 0.05) is 4.90 Å². The molecule has 0 aliphatic rings. The molecule has 0 amide bonds. The molecule has 0 atom stereocenters. The molecular formula is C10H5ClFN3O2S. The summed E-state index contributed by atoms with van der Waals surface area (Å²) in [5.74, 6) is -0.480. The Labute approximate surface area is 110 Å². The summed E-state index contributed by atoms with van der Waals surface area (Å²) in [4.78, 5) is 17.7. The molecule has 92 valence electrons. The van der Waals surface area contributed by atoms with E-state index in [0.29, 0.717) is 0 Å². The number of nitro groups is 1. The highest BCUT2D eigenvalue weighted by atomic mass is 35.5. The van der Waals surface area contributed by atoms with Gasteiger partial charge < -0.3 is 0 Å². The van der Waals surface area contributed by atoms with Gasteiger partial charge in [0.25, 0.3) is 0 Å². The van der Waals surface area contributed by atoms with Crippen LogP contribution in [0, 0.1) is 15.9 Å². The molecule has 0 bridgehead atoms. The molecule has 18 heavy (non-hydrogen) atoms. The summed E-state index contributed by atoms with van der Waals surface area (Å²) in [5.41, 5.74) is -0.424. The van der Waals surface area contributed by atoms with Crippen LogP contribution >= 0.6 is 23.4 Å². The number of hydrogen-bond donors (Lipinski definition) is 0. The zero-order valence-corrected chi connectivity index (χ0v) is 10.3. The smallest absolute Gasteiger partial charge is 0.258 e. The van der Waals surface area contributed by atoms with Crippen LogP contribution in [0.15, 0.2) is 40.5 Å². The predicted octanol–water partition coefficient (Wildman–Crippen LogP) is 3.33. The number of rotatable bonds is 3. The second-order valence-electron chi connectivity index (χ2n) is 3.11. The Bertz CT molecular complexity index is 611. The van der Waals surface area contributed by atoms with Gasteiger partial charge in [0.1, 0.15) is 12.1 Å². The van der Waals surface area contributed by atoms with Crippen LogP contribution in [-0.4, -0.2) is 14.9 Å². The van der Waals surface area contributed by atoms with Crippen LogP contribution in [0.25, 0.3) is 0 Å². The molecular weight excluding hydrogens is 281 g/mol. The van der Waals surface area contributed by atoms with Crippen molar-refractivity contribution in [3.8, 4) is 0 Å². The monoisotopic (exact) mass is 285 g/mol. The summed E-state index contributed by atoms with van der Waals surface area (Å²) >= 11 is 6.46. The fourth-order valence-corrected chi connectivity index (χ4v) is 2.35. The van der Waals surface area contributed by atoms with Crippen LogP contribution < -0.4 is 0 Å². The standard InChI is InChI=1S/C10H5ClFN3O2S/c11-9-8(15(16)17)10(14-5-13-9)18-7-4-2-1-3-6(7)12/h1-5H. The van der Waals surface area contributed by atoms with Gasteiger partial charge >= 0.3 is 5.69 Å². The van der Waals surface area contributed by atoms with Crippen molar-refractivity contribution in [2.45, 2.75) is 9.92 Å². The molecule has 0 aliphatic carbocycles. The summed E-state index contributed by atoms with van der Waals surface area (Å²) in [7, 11) is 0. The van der Waals surface area contributed by atoms with Gasteiger partial charge in [-0.1, -0.05) is 35.5 Å². The van der Waals surface area contributed by atoms with Gasteiger partial charge in [0.05, 0.1) is 4.92 Å². The van der Waals surface area contributed by atoms with Gasteiger partial charge in [-0.2, -0.15) is 0 Å². The maximum absolute atomic E-state index is 13.4. The van der Waals surface area contributed by atoms with E-state index in [1.54, 1.807) is 6.07 Å². The van der Waals surface area contributed by atoms with E-state index in [4.69, 9.17) is 11.6 Å². The molecule has 5 nitrogen and oxygen atoms in total. The first-order chi connectivity index (χ1) is 8.59. The van der Waals surface area contributed by atoms with E-state index in [0.717, 1.165) is 18.1 Å². The quantitative estimate of drug-likeness (QED) is 0.491. The first-order valence-electron chi connectivity index (χ1n) is 4.67. The molecule has 2 aromatic rings. The lowest BCUT2D eigenvalue weighted by molar-refractivity contribution is -0.388. The number of benzene rings is 1. The molecule has 8 heteroatoms. The van der Waals surface area contributed by atoms with Crippen LogP contribution in [0.5, 0.6) is 0 Å². The number of aromatic nitrogens is 2. The maximum Gasteiger partial charge on any atom is 0.338 e. The number of hydrogen-bond acceptors (Lipinski definition) is 5. The third-order valence-corrected chi connectivity index (χ3v) is 3.29. The van der Waals surface area contributed by atoms with Crippen LogP contribution in [0.3, 0.4) is 0 Å². The van der Waals surface area contributed by atoms with Gasteiger partial charge in [0.15, 0.2) is 5.03 Å². The minimum Gasteiger partial charge on any atom is -0.258 e. The topological polar surface area (TPSA) is 68.9 Å². The van der Waals surface area contributed by atoms with Crippen molar-refractivity contribution in [1.29, 1.82) is 0 Å². The molecule has 0 saturated heterocycles. The molecule has 0 saturated carbocycles. The van der Waals surface area contributed by atoms with Crippen molar-refractivity contribution in [2.24, 2.45) is 0 Å². The van der Waals surface area contributed by atoms with Crippen molar-refractivity contribution in [2.75, 3.05) is 0 Å². The van der Waals surface area contributed by atoms with Crippen LogP contribution in [0.2, 0.25) is 5.15 Å². The average Bonchev–Trinajstić information content (AvgIpc) is 2.31. The third kappa shape index (κ3) is 2.57. The third-order valence-electron chi connectivity index (χ3n) is 1.97. The Kier molecular flexibility index (Phi) is 3.73. The molecule has 0 spiro atoms. The lowest BCUT2D eigenvalue weighted by Gasteiger charge is -2.03. The highest BCUT2D eigenvalue weighted by Gasteiger charge is 2.22. The second kappa shape index (κ2) is 5.28. The normalized spacial score (nSPS) is 10.3. The zero-order valence-electron chi connectivity index (χ0n) is 8.71. The van der Waals surface area contributed by atoms with Crippen molar-refractivity contribution in [3.63, 3.8) is 0 Å².